The fourth-order valence-corrected chi connectivity index (χ4v) is 3.00. The molecule has 0 aliphatic heterocycles. The second-order valence-electron chi connectivity index (χ2n) is 4.28. The van der Waals surface area contributed by atoms with Gasteiger partial charge in [-0.25, -0.2) is 4.98 Å². The molecule has 2 rings (SSSR count). The van der Waals surface area contributed by atoms with Crippen molar-refractivity contribution in [1.82, 2.24) is 15.3 Å². The van der Waals surface area contributed by atoms with Gasteiger partial charge in [-0.2, -0.15) is 0 Å². The van der Waals surface area contributed by atoms with Gasteiger partial charge in [-0.05, 0) is 31.5 Å². The van der Waals surface area contributed by atoms with E-state index in [4.69, 9.17) is 11.6 Å². The summed E-state index contributed by atoms with van der Waals surface area (Å²) in [5.74, 6) is 0. The van der Waals surface area contributed by atoms with E-state index in [0.717, 1.165) is 36.6 Å². The monoisotopic (exact) mass is 295 g/mol. The first kappa shape index (κ1) is 14.4. The summed E-state index contributed by atoms with van der Waals surface area (Å²) in [5, 5.41) is 5.06. The molecule has 0 aliphatic carbocycles. The van der Waals surface area contributed by atoms with Crippen molar-refractivity contribution in [2.45, 2.75) is 33.2 Å². The van der Waals surface area contributed by atoms with E-state index < -0.39 is 0 Å². The van der Waals surface area contributed by atoms with Crippen molar-refractivity contribution in [3.8, 4) is 10.7 Å². The normalized spacial score (nSPS) is 10.9. The third-order valence-electron chi connectivity index (χ3n) is 2.77. The molecule has 0 spiro atoms. The number of nitrogens with one attached hydrogen (secondary N) is 1. The zero-order valence-corrected chi connectivity index (χ0v) is 12.8. The van der Waals surface area contributed by atoms with Crippen LogP contribution in [0.4, 0.5) is 0 Å². The third-order valence-corrected chi connectivity index (χ3v) is 4.12. The first-order chi connectivity index (χ1) is 9.24. The van der Waals surface area contributed by atoms with E-state index in [-0.39, 0.29) is 0 Å². The summed E-state index contributed by atoms with van der Waals surface area (Å²) in [6.07, 6.45) is 3.76. The molecule has 0 aromatic carbocycles. The fraction of sp³-hybridized carbons (Fsp3) is 0.429. The molecule has 5 heteroatoms. The van der Waals surface area contributed by atoms with Crippen LogP contribution in [-0.4, -0.2) is 16.5 Å². The molecule has 0 amide bonds. The van der Waals surface area contributed by atoms with Gasteiger partial charge >= 0.3 is 0 Å². The quantitative estimate of drug-likeness (QED) is 0.821. The van der Waals surface area contributed by atoms with E-state index >= 15 is 0 Å². The molecule has 0 saturated heterocycles. The number of halogens is 1. The van der Waals surface area contributed by atoms with Crippen LogP contribution >= 0.6 is 22.9 Å². The Kier molecular flexibility index (Phi) is 5.31. The van der Waals surface area contributed by atoms with Crippen LogP contribution in [0.1, 0.15) is 30.8 Å². The summed E-state index contributed by atoms with van der Waals surface area (Å²) < 4.78 is 0. The number of rotatable bonds is 6. The van der Waals surface area contributed by atoms with Gasteiger partial charge in [0.2, 0.25) is 0 Å². The minimum atomic E-state index is 0.654. The molecular formula is C14H18ClN3S. The van der Waals surface area contributed by atoms with Crippen molar-refractivity contribution in [2.24, 2.45) is 0 Å². The lowest BCUT2D eigenvalue weighted by Gasteiger charge is -2.01. The predicted molar refractivity (Wildman–Crippen MR) is 81.7 cm³/mol. The number of thiazole rings is 1. The summed E-state index contributed by atoms with van der Waals surface area (Å²) >= 11 is 7.57. The standard InChI is InChI=1S/C14H18ClN3S/c1-3-7-16-9-13-11(4-2)18-14(19-13)12-6-5-10(15)8-17-12/h5-6,8,16H,3-4,7,9H2,1-2H3. The van der Waals surface area contributed by atoms with Crippen molar-refractivity contribution in [3.05, 3.63) is 33.9 Å². The Hall–Kier alpha value is -0.970. The number of aryl methyl sites for hydroxylation is 1. The molecule has 1 N–H and O–H groups in total. The van der Waals surface area contributed by atoms with Gasteiger partial charge in [-0.1, -0.05) is 25.4 Å². The van der Waals surface area contributed by atoms with Crippen LogP contribution in [0.5, 0.6) is 0 Å². The zero-order valence-electron chi connectivity index (χ0n) is 11.2. The summed E-state index contributed by atoms with van der Waals surface area (Å²) in [4.78, 5) is 10.3. The van der Waals surface area contributed by atoms with Crippen molar-refractivity contribution >= 4 is 22.9 Å². The van der Waals surface area contributed by atoms with Gasteiger partial charge < -0.3 is 5.32 Å². The van der Waals surface area contributed by atoms with Gasteiger partial charge in [0.1, 0.15) is 5.01 Å². The van der Waals surface area contributed by atoms with Gasteiger partial charge in [0.25, 0.3) is 0 Å². The average Bonchev–Trinajstić information content (AvgIpc) is 2.83. The van der Waals surface area contributed by atoms with E-state index in [1.807, 2.05) is 12.1 Å². The van der Waals surface area contributed by atoms with E-state index in [0.29, 0.717) is 5.02 Å². The van der Waals surface area contributed by atoms with Crippen LogP contribution < -0.4 is 5.32 Å². The largest absolute Gasteiger partial charge is 0.312 e. The zero-order chi connectivity index (χ0) is 13.7. The third kappa shape index (κ3) is 3.75. The minimum absolute atomic E-state index is 0.654. The van der Waals surface area contributed by atoms with Gasteiger partial charge in [0.15, 0.2) is 0 Å². The van der Waals surface area contributed by atoms with Crippen LogP contribution in [0, 0.1) is 0 Å². The fourth-order valence-electron chi connectivity index (χ4n) is 1.79. The Bertz CT molecular complexity index is 522. The van der Waals surface area contributed by atoms with Crippen LogP contribution in [0.15, 0.2) is 18.3 Å². The van der Waals surface area contributed by atoms with E-state index in [1.165, 1.54) is 10.6 Å². The van der Waals surface area contributed by atoms with Crippen molar-refractivity contribution in [2.75, 3.05) is 6.54 Å². The lowest BCUT2D eigenvalue weighted by atomic mass is 10.3. The van der Waals surface area contributed by atoms with Gasteiger partial charge in [-0.3, -0.25) is 4.98 Å². The lowest BCUT2D eigenvalue weighted by Crippen LogP contribution is -2.13. The van der Waals surface area contributed by atoms with Crippen LogP contribution in [-0.2, 0) is 13.0 Å². The molecule has 0 unspecified atom stereocenters. The molecule has 2 heterocycles. The Morgan fingerprint density at radius 1 is 1.32 bits per heavy atom. The molecule has 0 bridgehead atoms. The van der Waals surface area contributed by atoms with Crippen LogP contribution in [0.25, 0.3) is 10.7 Å². The summed E-state index contributed by atoms with van der Waals surface area (Å²) in [5.41, 5.74) is 2.06. The van der Waals surface area contributed by atoms with E-state index in [1.54, 1.807) is 17.5 Å². The number of pyridine rings is 1. The van der Waals surface area contributed by atoms with Gasteiger partial charge in [0, 0.05) is 17.6 Å². The first-order valence-corrected chi connectivity index (χ1v) is 7.75. The van der Waals surface area contributed by atoms with Crippen LogP contribution in [0.2, 0.25) is 5.02 Å². The van der Waals surface area contributed by atoms with Crippen molar-refractivity contribution in [3.63, 3.8) is 0 Å². The van der Waals surface area contributed by atoms with E-state index in [9.17, 15) is 0 Å². The maximum atomic E-state index is 5.86. The Balaban J connectivity index is 2.20. The number of hydrogen-bond acceptors (Lipinski definition) is 4. The maximum absolute atomic E-state index is 5.86. The predicted octanol–water partition coefficient (Wildman–Crippen LogP) is 3.92. The highest BCUT2D eigenvalue weighted by Gasteiger charge is 2.11. The first-order valence-electron chi connectivity index (χ1n) is 6.55. The molecular weight excluding hydrogens is 278 g/mol. The molecule has 2 aromatic rings. The molecule has 0 saturated carbocycles. The SMILES string of the molecule is CCCNCc1sc(-c2ccc(Cl)cn2)nc1CC. The maximum Gasteiger partial charge on any atom is 0.142 e. The Morgan fingerprint density at radius 3 is 2.79 bits per heavy atom. The molecule has 0 aliphatic rings. The minimum Gasteiger partial charge on any atom is -0.312 e. The average molecular weight is 296 g/mol. The van der Waals surface area contributed by atoms with Gasteiger partial charge in [0.05, 0.1) is 16.4 Å². The second kappa shape index (κ2) is 6.98. The topological polar surface area (TPSA) is 37.8 Å². The molecule has 0 atom stereocenters. The summed E-state index contributed by atoms with van der Waals surface area (Å²) in [6, 6.07) is 3.77. The number of hydrogen-bond donors (Lipinski definition) is 1. The highest BCUT2D eigenvalue weighted by molar-refractivity contribution is 7.15. The Morgan fingerprint density at radius 2 is 2.16 bits per heavy atom. The second-order valence-corrected chi connectivity index (χ2v) is 5.80. The summed E-state index contributed by atoms with van der Waals surface area (Å²) in [7, 11) is 0. The molecule has 0 fully saturated rings. The molecule has 102 valence electrons. The highest BCUT2D eigenvalue weighted by atomic mass is 35.5. The Labute approximate surface area is 123 Å². The van der Waals surface area contributed by atoms with Crippen LogP contribution in [0.3, 0.4) is 0 Å². The number of aromatic nitrogens is 2. The molecule has 0 radical (unpaired) electrons. The molecule has 3 nitrogen and oxygen atoms in total. The molecule has 2 aromatic heterocycles. The number of nitrogens with zero attached hydrogens (tertiary/aromatic N) is 2. The summed E-state index contributed by atoms with van der Waals surface area (Å²) in [6.45, 7) is 6.23. The smallest absolute Gasteiger partial charge is 0.142 e. The molecule has 19 heavy (non-hydrogen) atoms. The highest BCUT2D eigenvalue weighted by Crippen LogP contribution is 2.27. The van der Waals surface area contributed by atoms with Crippen molar-refractivity contribution in [1.29, 1.82) is 0 Å². The van der Waals surface area contributed by atoms with E-state index in [2.05, 4.69) is 29.1 Å². The van der Waals surface area contributed by atoms with Gasteiger partial charge in [-0.15, -0.1) is 11.3 Å². The lowest BCUT2D eigenvalue weighted by molar-refractivity contribution is 0.677. The van der Waals surface area contributed by atoms with Crippen molar-refractivity contribution < 1.29 is 0 Å².